The van der Waals surface area contributed by atoms with Gasteiger partial charge in [-0.1, -0.05) is 23.7 Å². The number of nitrogens with zero attached hydrogens (tertiary/aromatic N) is 1. The van der Waals surface area contributed by atoms with E-state index in [1.807, 2.05) is 11.5 Å². The normalized spacial score (nSPS) is 12.2. The van der Waals surface area contributed by atoms with Crippen molar-refractivity contribution in [1.82, 2.24) is 4.57 Å². The molecule has 0 aliphatic rings. The van der Waals surface area contributed by atoms with Gasteiger partial charge in [-0.3, -0.25) is 4.79 Å². The minimum Gasteiger partial charge on any atom is -0.451 e. The second-order valence-electron chi connectivity index (χ2n) is 7.32. The molecule has 1 atom stereocenters. The number of aromatic nitrogens is 1. The molecule has 3 aromatic rings. The summed E-state index contributed by atoms with van der Waals surface area (Å²) in [7, 11) is 0. The minimum atomic E-state index is -2.90. The molecule has 1 heterocycles. The standard InChI is InChI=1S/C25H22ClF2NO4/c1-15-14-22(16(2)29(15)20-9-11-21(12-10-20)33-25(27)28)24(31)17(3)32-23(30)13-6-18-4-7-19(26)8-5-18/h4-14,17,25H,1-3H3. The van der Waals surface area contributed by atoms with Crippen molar-refractivity contribution < 1.29 is 27.8 Å². The van der Waals surface area contributed by atoms with Gasteiger partial charge in [0.1, 0.15) is 5.75 Å². The van der Waals surface area contributed by atoms with Crippen molar-refractivity contribution >= 4 is 29.4 Å². The molecular weight excluding hydrogens is 452 g/mol. The number of alkyl halides is 2. The molecule has 2 aromatic carbocycles. The highest BCUT2D eigenvalue weighted by molar-refractivity contribution is 6.30. The molecule has 0 radical (unpaired) electrons. The lowest BCUT2D eigenvalue weighted by atomic mass is 10.1. The number of Topliss-reactive ketones (excluding diaryl/α,β-unsaturated/α-hetero) is 1. The molecule has 1 aromatic heterocycles. The third-order valence-corrected chi connectivity index (χ3v) is 5.21. The van der Waals surface area contributed by atoms with Gasteiger partial charge in [-0.05, 0) is 74.9 Å². The van der Waals surface area contributed by atoms with Crippen molar-refractivity contribution in [3.8, 4) is 11.4 Å². The summed E-state index contributed by atoms with van der Waals surface area (Å²) in [5.41, 5.74) is 3.26. The smallest absolute Gasteiger partial charge is 0.387 e. The van der Waals surface area contributed by atoms with Gasteiger partial charge in [0, 0.05) is 33.7 Å². The highest BCUT2D eigenvalue weighted by Gasteiger charge is 2.24. The fourth-order valence-corrected chi connectivity index (χ4v) is 3.54. The molecule has 0 aliphatic heterocycles. The third-order valence-electron chi connectivity index (χ3n) is 4.96. The van der Waals surface area contributed by atoms with E-state index in [-0.39, 0.29) is 11.5 Å². The quantitative estimate of drug-likeness (QED) is 0.223. The molecule has 5 nitrogen and oxygen atoms in total. The van der Waals surface area contributed by atoms with Crippen molar-refractivity contribution in [2.75, 3.05) is 0 Å². The van der Waals surface area contributed by atoms with Gasteiger partial charge < -0.3 is 14.0 Å². The monoisotopic (exact) mass is 473 g/mol. The summed E-state index contributed by atoms with van der Waals surface area (Å²) in [4.78, 5) is 25.1. The molecule has 3 rings (SSSR count). The topological polar surface area (TPSA) is 57.5 Å². The van der Waals surface area contributed by atoms with E-state index in [1.165, 1.54) is 25.1 Å². The maximum atomic E-state index is 13.0. The first kappa shape index (κ1) is 24.2. The Labute approximate surface area is 195 Å². The number of halogens is 3. The number of ether oxygens (including phenoxy) is 2. The number of carbonyl (C=O) groups is 2. The molecule has 8 heteroatoms. The van der Waals surface area contributed by atoms with Crippen molar-refractivity contribution in [2.24, 2.45) is 0 Å². The van der Waals surface area contributed by atoms with Gasteiger partial charge in [0.05, 0.1) is 0 Å². The van der Waals surface area contributed by atoms with E-state index in [9.17, 15) is 18.4 Å². The predicted octanol–water partition coefficient (Wildman–Crippen LogP) is 6.18. The second-order valence-corrected chi connectivity index (χ2v) is 7.76. The van der Waals surface area contributed by atoms with Crippen molar-refractivity contribution in [1.29, 1.82) is 0 Å². The predicted molar refractivity (Wildman–Crippen MR) is 122 cm³/mol. The number of ketones is 1. The van der Waals surface area contributed by atoms with Crippen LogP contribution in [0.15, 0.2) is 60.7 Å². The number of hydrogen-bond donors (Lipinski definition) is 0. The highest BCUT2D eigenvalue weighted by Crippen LogP contribution is 2.25. The number of carbonyl (C=O) groups excluding carboxylic acids is 2. The number of hydrogen-bond acceptors (Lipinski definition) is 4. The van der Waals surface area contributed by atoms with Crippen molar-refractivity contribution in [3.63, 3.8) is 0 Å². The van der Waals surface area contributed by atoms with E-state index in [2.05, 4.69) is 4.74 Å². The Bertz CT molecular complexity index is 1170. The lowest BCUT2D eigenvalue weighted by molar-refractivity contribution is -0.140. The van der Waals surface area contributed by atoms with Crippen molar-refractivity contribution in [3.05, 3.63) is 88.2 Å². The van der Waals surface area contributed by atoms with Gasteiger partial charge in [0.2, 0.25) is 5.78 Å². The Balaban J connectivity index is 1.72. The summed E-state index contributed by atoms with van der Waals surface area (Å²) >= 11 is 5.84. The van der Waals surface area contributed by atoms with E-state index in [4.69, 9.17) is 16.3 Å². The van der Waals surface area contributed by atoms with Crippen LogP contribution in [-0.4, -0.2) is 29.0 Å². The van der Waals surface area contributed by atoms with Gasteiger partial charge in [-0.2, -0.15) is 8.78 Å². The fourth-order valence-electron chi connectivity index (χ4n) is 3.41. The Morgan fingerprint density at radius 1 is 1.03 bits per heavy atom. The van der Waals surface area contributed by atoms with E-state index < -0.39 is 18.7 Å². The molecule has 1 unspecified atom stereocenters. The van der Waals surface area contributed by atoms with Gasteiger partial charge in [0.15, 0.2) is 6.10 Å². The van der Waals surface area contributed by atoms with E-state index >= 15 is 0 Å². The van der Waals surface area contributed by atoms with Gasteiger partial charge in [-0.15, -0.1) is 0 Å². The number of esters is 1. The second kappa shape index (κ2) is 10.4. The lowest BCUT2D eigenvalue weighted by Gasteiger charge is -2.13. The minimum absolute atomic E-state index is 0.0414. The van der Waals surface area contributed by atoms with Crippen LogP contribution >= 0.6 is 11.6 Å². The summed E-state index contributed by atoms with van der Waals surface area (Å²) in [6, 6.07) is 14.7. The third kappa shape index (κ3) is 6.08. The van der Waals surface area contributed by atoms with E-state index in [0.29, 0.717) is 22.0 Å². The first-order valence-electron chi connectivity index (χ1n) is 10.1. The van der Waals surface area contributed by atoms with Crippen LogP contribution in [0.3, 0.4) is 0 Å². The van der Waals surface area contributed by atoms with Crippen LogP contribution in [0.5, 0.6) is 5.75 Å². The Morgan fingerprint density at radius 3 is 2.27 bits per heavy atom. The Morgan fingerprint density at radius 2 is 1.67 bits per heavy atom. The molecule has 0 fully saturated rings. The van der Waals surface area contributed by atoms with Crippen LogP contribution in [0.4, 0.5) is 8.78 Å². The van der Waals surface area contributed by atoms with Gasteiger partial charge in [0.25, 0.3) is 0 Å². The van der Waals surface area contributed by atoms with E-state index in [0.717, 1.165) is 11.3 Å². The summed E-state index contributed by atoms with van der Waals surface area (Å²) in [6.07, 6.45) is 1.82. The average molecular weight is 474 g/mol. The fraction of sp³-hybridized carbons (Fsp3) is 0.200. The Hall–Kier alpha value is -3.45. The zero-order valence-electron chi connectivity index (χ0n) is 18.2. The van der Waals surface area contributed by atoms with Gasteiger partial charge in [-0.25, -0.2) is 4.79 Å². The number of rotatable bonds is 8. The van der Waals surface area contributed by atoms with Crippen molar-refractivity contribution in [2.45, 2.75) is 33.5 Å². The molecule has 0 bridgehead atoms. The average Bonchev–Trinajstić information content (AvgIpc) is 3.07. The van der Waals surface area contributed by atoms with E-state index in [1.54, 1.807) is 55.5 Å². The van der Waals surface area contributed by atoms with Crippen LogP contribution in [0, 0.1) is 13.8 Å². The summed E-state index contributed by atoms with van der Waals surface area (Å²) in [5, 5.41) is 0.587. The SMILES string of the molecule is Cc1cc(C(=O)C(C)OC(=O)C=Cc2ccc(Cl)cc2)c(C)n1-c1ccc(OC(F)F)cc1. The molecule has 172 valence electrons. The van der Waals surface area contributed by atoms with Crippen LogP contribution in [-0.2, 0) is 9.53 Å². The molecule has 0 N–H and O–H groups in total. The molecular formula is C25H22ClF2NO4. The molecule has 0 aliphatic carbocycles. The lowest BCUT2D eigenvalue weighted by Crippen LogP contribution is -2.24. The maximum Gasteiger partial charge on any atom is 0.387 e. The van der Waals surface area contributed by atoms with Crippen LogP contribution < -0.4 is 4.74 Å². The first-order chi connectivity index (χ1) is 15.7. The van der Waals surface area contributed by atoms with Crippen LogP contribution in [0.2, 0.25) is 5.02 Å². The molecule has 0 saturated carbocycles. The molecule has 0 spiro atoms. The zero-order valence-corrected chi connectivity index (χ0v) is 19.0. The van der Waals surface area contributed by atoms with Crippen LogP contribution in [0.25, 0.3) is 11.8 Å². The number of benzene rings is 2. The summed E-state index contributed by atoms with van der Waals surface area (Å²) < 4.78 is 36.2. The molecule has 0 amide bonds. The zero-order chi connectivity index (χ0) is 24.1. The largest absolute Gasteiger partial charge is 0.451 e. The molecule has 33 heavy (non-hydrogen) atoms. The summed E-state index contributed by atoms with van der Waals surface area (Å²) in [5.74, 6) is -0.950. The maximum absolute atomic E-state index is 13.0. The summed E-state index contributed by atoms with van der Waals surface area (Å²) in [6.45, 7) is 2.19. The Kier molecular flexibility index (Phi) is 7.66. The van der Waals surface area contributed by atoms with Crippen LogP contribution in [0.1, 0.15) is 34.2 Å². The first-order valence-corrected chi connectivity index (χ1v) is 10.5. The van der Waals surface area contributed by atoms with Gasteiger partial charge >= 0.3 is 12.6 Å². The molecule has 0 saturated heterocycles. The highest BCUT2D eigenvalue weighted by atomic mass is 35.5. The number of aryl methyl sites for hydroxylation is 1.